The maximum absolute atomic E-state index is 9.80. The Hall–Kier alpha value is -1.12. The Kier molecular flexibility index (Phi) is 1.12. The summed E-state index contributed by atoms with van der Waals surface area (Å²) in [5.41, 5.74) is 0.809. The van der Waals surface area contributed by atoms with Crippen LogP contribution >= 0.6 is 0 Å². The predicted octanol–water partition coefficient (Wildman–Crippen LogP) is 0.176. The van der Waals surface area contributed by atoms with E-state index in [1.807, 2.05) is 0 Å². The second-order valence-electron chi connectivity index (χ2n) is 1.49. The van der Waals surface area contributed by atoms with Crippen molar-refractivity contribution < 1.29 is 4.79 Å². The highest BCUT2D eigenvalue weighted by molar-refractivity contribution is 5.69. The third-order valence-corrected chi connectivity index (χ3v) is 0.803. The van der Waals surface area contributed by atoms with E-state index >= 15 is 0 Å². The largest absolute Gasteiger partial charge is 0.341 e. The van der Waals surface area contributed by atoms with Crippen LogP contribution in [0.1, 0.15) is 11.5 Å². The van der Waals surface area contributed by atoms with E-state index in [2.05, 4.69) is 9.97 Å². The van der Waals surface area contributed by atoms with Crippen molar-refractivity contribution in [2.75, 3.05) is 0 Å². The van der Waals surface area contributed by atoms with Crippen LogP contribution in [0.3, 0.4) is 0 Å². The summed E-state index contributed by atoms with van der Waals surface area (Å²) in [6, 6.07) is 0. The number of nitrogens with one attached hydrogen (secondary N) is 1. The van der Waals surface area contributed by atoms with Crippen LogP contribution in [0.4, 0.5) is 0 Å². The highest BCUT2D eigenvalue weighted by Crippen LogP contribution is 1.88. The average Bonchev–Trinajstić information content (AvgIpc) is 2.14. The van der Waals surface area contributed by atoms with Crippen molar-refractivity contribution >= 4 is 6.29 Å². The monoisotopic (exact) mass is 109 g/mol. The number of hydrogen-bond acceptors (Lipinski definition) is 2. The summed E-state index contributed by atoms with van der Waals surface area (Å²) < 4.78 is 0. The smallest absolute Gasteiger partial charge is 0.271 e. The van der Waals surface area contributed by atoms with Gasteiger partial charge in [0, 0.05) is 6.20 Å². The van der Waals surface area contributed by atoms with Gasteiger partial charge in [0.25, 0.3) is 6.29 Å². The third-order valence-electron chi connectivity index (χ3n) is 0.803. The molecule has 1 rings (SSSR count). The molecule has 0 aliphatic carbocycles. The summed E-state index contributed by atoms with van der Waals surface area (Å²) in [5.74, 6) is 0.266. The molecule has 0 atom stereocenters. The molecule has 1 aromatic heterocycles. The SMILES string of the molecule is Cc1c[nH]c([C]=O)n1. The van der Waals surface area contributed by atoms with E-state index in [1.54, 1.807) is 19.4 Å². The van der Waals surface area contributed by atoms with E-state index in [4.69, 9.17) is 0 Å². The Balaban J connectivity index is 3.00. The number of hydrogen-bond donors (Lipinski definition) is 1. The first-order valence-corrected chi connectivity index (χ1v) is 2.23. The first-order valence-electron chi connectivity index (χ1n) is 2.23. The molecule has 1 aromatic rings. The van der Waals surface area contributed by atoms with Gasteiger partial charge in [-0.25, -0.2) is 4.98 Å². The third kappa shape index (κ3) is 0.753. The molecule has 0 aromatic carbocycles. The number of nitrogens with zero attached hydrogens (tertiary/aromatic N) is 1. The molecule has 0 saturated heterocycles. The van der Waals surface area contributed by atoms with Gasteiger partial charge in [-0.15, -0.1) is 0 Å². The lowest BCUT2D eigenvalue weighted by atomic mass is 10.6. The fraction of sp³-hybridized carbons (Fsp3) is 0.200. The number of carbonyl (C=O) groups excluding carboxylic acids is 1. The van der Waals surface area contributed by atoms with Gasteiger partial charge in [0.2, 0.25) is 0 Å². The van der Waals surface area contributed by atoms with Crippen LogP contribution in [0.2, 0.25) is 0 Å². The molecular formula is C5H5N2O. The normalized spacial score (nSPS) is 9.12. The highest BCUT2D eigenvalue weighted by Gasteiger charge is 1.91. The Morgan fingerprint density at radius 3 is 2.88 bits per heavy atom. The minimum absolute atomic E-state index is 0.266. The van der Waals surface area contributed by atoms with E-state index in [0.29, 0.717) is 0 Å². The quantitative estimate of drug-likeness (QED) is 0.559. The van der Waals surface area contributed by atoms with Gasteiger partial charge >= 0.3 is 0 Å². The molecule has 0 saturated carbocycles. The van der Waals surface area contributed by atoms with E-state index in [-0.39, 0.29) is 5.82 Å². The number of imidazole rings is 1. The highest BCUT2D eigenvalue weighted by atomic mass is 16.1. The molecule has 0 aliphatic rings. The summed E-state index contributed by atoms with van der Waals surface area (Å²) in [6.07, 6.45) is 3.28. The molecule has 0 spiro atoms. The predicted molar refractivity (Wildman–Crippen MR) is 28.1 cm³/mol. The topological polar surface area (TPSA) is 45.8 Å². The lowest BCUT2D eigenvalue weighted by Crippen LogP contribution is -1.80. The molecule has 8 heavy (non-hydrogen) atoms. The minimum atomic E-state index is 0.266. The molecule has 0 bridgehead atoms. The van der Waals surface area contributed by atoms with Gasteiger partial charge in [0.05, 0.1) is 5.69 Å². The minimum Gasteiger partial charge on any atom is -0.341 e. The van der Waals surface area contributed by atoms with E-state index < -0.39 is 0 Å². The van der Waals surface area contributed by atoms with Gasteiger partial charge < -0.3 is 4.98 Å². The lowest BCUT2D eigenvalue weighted by Gasteiger charge is -1.69. The zero-order valence-electron chi connectivity index (χ0n) is 4.43. The molecule has 1 heterocycles. The van der Waals surface area contributed by atoms with E-state index in [1.165, 1.54) is 0 Å². The molecule has 0 fully saturated rings. The Labute approximate surface area is 46.8 Å². The Morgan fingerprint density at radius 2 is 2.62 bits per heavy atom. The van der Waals surface area contributed by atoms with E-state index in [0.717, 1.165) is 5.69 Å². The molecule has 3 heteroatoms. The molecule has 1 radical (unpaired) electrons. The first-order chi connectivity index (χ1) is 3.83. The van der Waals surface area contributed by atoms with Gasteiger partial charge in [-0.05, 0) is 6.92 Å². The standard InChI is InChI=1S/C5H5N2O/c1-4-2-6-5(3-8)7-4/h2H,1H3,(H,6,7). The van der Waals surface area contributed by atoms with Crippen molar-refractivity contribution in [3.8, 4) is 0 Å². The average molecular weight is 109 g/mol. The van der Waals surface area contributed by atoms with Gasteiger partial charge in [-0.2, -0.15) is 0 Å². The van der Waals surface area contributed by atoms with Crippen LogP contribution in [0.25, 0.3) is 0 Å². The zero-order valence-corrected chi connectivity index (χ0v) is 4.43. The zero-order chi connectivity index (χ0) is 5.98. The number of rotatable bonds is 1. The maximum Gasteiger partial charge on any atom is 0.271 e. The molecule has 41 valence electrons. The fourth-order valence-electron chi connectivity index (χ4n) is 0.466. The van der Waals surface area contributed by atoms with Crippen LogP contribution < -0.4 is 0 Å². The van der Waals surface area contributed by atoms with Crippen molar-refractivity contribution in [1.29, 1.82) is 0 Å². The summed E-state index contributed by atoms with van der Waals surface area (Å²) in [5, 5.41) is 0. The number of aromatic nitrogens is 2. The number of aromatic amines is 1. The number of aryl methyl sites for hydroxylation is 1. The van der Waals surface area contributed by atoms with Crippen molar-refractivity contribution in [3.63, 3.8) is 0 Å². The van der Waals surface area contributed by atoms with Crippen molar-refractivity contribution in [2.24, 2.45) is 0 Å². The fourth-order valence-corrected chi connectivity index (χ4v) is 0.466. The van der Waals surface area contributed by atoms with Gasteiger partial charge in [-0.3, -0.25) is 4.79 Å². The van der Waals surface area contributed by atoms with Crippen LogP contribution in [0.5, 0.6) is 0 Å². The summed E-state index contributed by atoms with van der Waals surface area (Å²) in [4.78, 5) is 16.2. The molecule has 1 N–H and O–H groups in total. The Morgan fingerprint density at radius 1 is 1.88 bits per heavy atom. The van der Waals surface area contributed by atoms with Gasteiger partial charge in [-0.1, -0.05) is 0 Å². The summed E-state index contributed by atoms with van der Waals surface area (Å²) >= 11 is 0. The molecular weight excluding hydrogens is 104 g/mol. The van der Waals surface area contributed by atoms with E-state index in [9.17, 15) is 4.79 Å². The Bertz CT molecular complexity index is 192. The van der Waals surface area contributed by atoms with Crippen LogP contribution in [-0.2, 0) is 4.79 Å². The van der Waals surface area contributed by atoms with Crippen molar-refractivity contribution in [1.82, 2.24) is 9.97 Å². The van der Waals surface area contributed by atoms with Crippen molar-refractivity contribution in [2.45, 2.75) is 6.92 Å². The van der Waals surface area contributed by atoms with Gasteiger partial charge in [0.1, 0.15) is 0 Å². The summed E-state index contributed by atoms with van der Waals surface area (Å²) in [7, 11) is 0. The van der Waals surface area contributed by atoms with Crippen LogP contribution in [0.15, 0.2) is 6.20 Å². The molecule has 0 unspecified atom stereocenters. The maximum atomic E-state index is 9.80. The van der Waals surface area contributed by atoms with Gasteiger partial charge in [0.15, 0.2) is 5.82 Å². The van der Waals surface area contributed by atoms with Crippen LogP contribution in [-0.4, -0.2) is 16.3 Å². The first kappa shape index (κ1) is 5.03. The lowest BCUT2D eigenvalue weighted by molar-refractivity contribution is 0.560. The molecule has 0 aliphatic heterocycles. The number of H-pyrrole nitrogens is 1. The second-order valence-corrected chi connectivity index (χ2v) is 1.49. The summed E-state index contributed by atoms with van der Waals surface area (Å²) in [6.45, 7) is 1.80. The second kappa shape index (κ2) is 1.78. The molecule has 0 amide bonds. The van der Waals surface area contributed by atoms with Crippen LogP contribution in [0, 0.1) is 6.92 Å². The molecule has 3 nitrogen and oxygen atoms in total. The van der Waals surface area contributed by atoms with Crippen molar-refractivity contribution in [3.05, 3.63) is 17.7 Å².